The van der Waals surface area contributed by atoms with Crippen molar-refractivity contribution in [3.63, 3.8) is 0 Å². The number of methoxy groups -OCH3 is 1. The summed E-state index contributed by atoms with van der Waals surface area (Å²) in [4.78, 5) is 23.0. The van der Waals surface area contributed by atoms with Crippen LogP contribution in [0.3, 0.4) is 0 Å². The largest absolute Gasteiger partial charge is 0.493 e. The Bertz CT molecular complexity index is 901. The lowest BCUT2D eigenvalue weighted by molar-refractivity contribution is -0.141. The second kappa shape index (κ2) is 14.3. The summed E-state index contributed by atoms with van der Waals surface area (Å²) in [5.74, 6) is -0.829. The van der Waals surface area contributed by atoms with Gasteiger partial charge in [0.05, 0.1) is 19.3 Å². The highest BCUT2D eigenvalue weighted by molar-refractivity contribution is 5.76. The van der Waals surface area contributed by atoms with E-state index in [4.69, 9.17) is 4.74 Å². The highest BCUT2D eigenvalue weighted by atomic mass is 19.4. The molecule has 0 heterocycles. The maximum absolute atomic E-state index is 13.5. The van der Waals surface area contributed by atoms with E-state index in [1.54, 1.807) is 6.07 Å². The third kappa shape index (κ3) is 10.3. The first-order valence-electron chi connectivity index (χ1n) is 11.5. The van der Waals surface area contributed by atoms with Crippen LogP contribution in [0.2, 0.25) is 0 Å². The molecular formula is C26H32F3NO4. The summed E-state index contributed by atoms with van der Waals surface area (Å²) in [6, 6.07) is 14.0. The molecule has 8 heteroatoms. The standard InChI is InChI=1S/C26H32F3NO4/c1-33-25(32)12-8-17-30-24(31)16-14-21-13-15-23(22(19-21)26(27,28)29)34-18-7-3-6-11-20-9-4-2-5-10-20/h2,4-5,9-10,13,15,19H,3,6-8,11-12,14,16-18H2,1H3,(H,30,31). The van der Waals surface area contributed by atoms with E-state index in [1.165, 1.54) is 18.7 Å². The van der Waals surface area contributed by atoms with Gasteiger partial charge in [-0.15, -0.1) is 0 Å². The van der Waals surface area contributed by atoms with Crippen molar-refractivity contribution in [3.8, 4) is 5.75 Å². The molecule has 0 radical (unpaired) electrons. The summed E-state index contributed by atoms with van der Waals surface area (Å²) in [5.41, 5.74) is 0.827. The average Bonchev–Trinajstić information content (AvgIpc) is 2.82. The Hall–Kier alpha value is -3.03. The summed E-state index contributed by atoms with van der Waals surface area (Å²) in [5, 5.41) is 2.65. The summed E-state index contributed by atoms with van der Waals surface area (Å²) < 4.78 is 50.6. The molecule has 5 nitrogen and oxygen atoms in total. The van der Waals surface area contributed by atoms with Crippen LogP contribution >= 0.6 is 0 Å². The summed E-state index contributed by atoms with van der Waals surface area (Å²) >= 11 is 0. The number of rotatable bonds is 14. The normalized spacial score (nSPS) is 11.2. The van der Waals surface area contributed by atoms with Crippen molar-refractivity contribution in [2.45, 2.75) is 57.5 Å². The van der Waals surface area contributed by atoms with Gasteiger partial charge in [-0.3, -0.25) is 9.59 Å². The number of hydrogen-bond acceptors (Lipinski definition) is 4. The van der Waals surface area contributed by atoms with Gasteiger partial charge in [0.1, 0.15) is 5.75 Å². The Balaban J connectivity index is 1.77. The van der Waals surface area contributed by atoms with Crippen LogP contribution in [-0.2, 0) is 33.3 Å². The lowest BCUT2D eigenvalue weighted by Gasteiger charge is -2.15. The van der Waals surface area contributed by atoms with Gasteiger partial charge >= 0.3 is 12.1 Å². The Morgan fingerprint density at radius 3 is 2.35 bits per heavy atom. The van der Waals surface area contributed by atoms with Crippen LogP contribution in [-0.4, -0.2) is 32.1 Å². The van der Waals surface area contributed by atoms with Crippen molar-refractivity contribution in [2.75, 3.05) is 20.3 Å². The van der Waals surface area contributed by atoms with Crippen LogP contribution in [0, 0.1) is 0 Å². The molecule has 0 unspecified atom stereocenters. The first-order chi connectivity index (χ1) is 16.3. The van der Waals surface area contributed by atoms with Crippen molar-refractivity contribution in [1.29, 1.82) is 0 Å². The van der Waals surface area contributed by atoms with Crippen LogP contribution in [0.4, 0.5) is 13.2 Å². The van der Waals surface area contributed by atoms with E-state index >= 15 is 0 Å². The van der Waals surface area contributed by atoms with Crippen molar-refractivity contribution in [3.05, 3.63) is 65.2 Å². The fourth-order valence-electron chi connectivity index (χ4n) is 3.42. The predicted octanol–water partition coefficient (Wildman–Crippen LogP) is 5.50. The minimum atomic E-state index is -4.55. The topological polar surface area (TPSA) is 64.6 Å². The number of hydrogen-bond donors (Lipinski definition) is 1. The van der Waals surface area contributed by atoms with Gasteiger partial charge in [-0.2, -0.15) is 13.2 Å². The van der Waals surface area contributed by atoms with Crippen LogP contribution in [0.1, 0.15) is 55.2 Å². The maximum atomic E-state index is 13.5. The van der Waals surface area contributed by atoms with Gasteiger partial charge in [-0.25, -0.2) is 0 Å². The molecular weight excluding hydrogens is 447 g/mol. The number of alkyl halides is 3. The van der Waals surface area contributed by atoms with Crippen molar-refractivity contribution in [2.24, 2.45) is 0 Å². The van der Waals surface area contributed by atoms with E-state index in [2.05, 4.69) is 22.2 Å². The SMILES string of the molecule is COC(=O)CCCNC(=O)CCc1ccc(OCCCCCc2ccccc2)c(C(F)(F)F)c1. The highest BCUT2D eigenvalue weighted by Crippen LogP contribution is 2.37. The van der Waals surface area contributed by atoms with E-state index in [-0.39, 0.29) is 43.5 Å². The molecule has 0 spiro atoms. The van der Waals surface area contributed by atoms with Gasteiger partial charge in [0, 0.05) is 19.4 Å². The highest BCUT2D eigenvalue weighted by Gasteiger charge is 2.34. The number of carbonyl (C=O) groups excluding carboxylic acids is 2. The van der Waals surface area contributed by atoms with E-state index in [0.717, 1.165) is 25.3 Å². The Morgan fingerprint density at radius 1 is 0.882 bits per heavy atom. The number of halogens is 3. The van der Waals surface area contributed by atoms with Gasteiger partial charge in [0.2, 0.25) is 5.91 Å². The molecule has 2 aromatic rings. The zero-order chi connectivity index (χ0) is 24.8. The van der Waals surface area contributed by atoms with E-state index in [9.17, 15) is 22.8 Å². The molecule has 0 aromatic heterocycles. The third-order valence-corrected chi connectivity index (χ3v) is 5.31. The van der Waals surface area contributed by atoms with Crippen molar-refractivity contribution >= 4 is 11.9 Å². The number of nitrogens with one attached hydrogen (secondary N) is 1. The molecule has 0 aliphatic rings. The monoisotopic (exact) mass is 479 g/mol. The minimum absolute atomic E-state index is 0.0527. The quantitative estimate of drug-likeness (QED) is 0.287. The molecule has 2 rings (SSSR count). The molecule has 186 valence electrons. The van der Waals surface area contributed by atoms with Crippen molar-refractivity contribution < 1.29 is 32.2 Å². The number of aryl methyl sites for hydroxylation is 2. The molecule has 1 amide bonds. The molecule has 0 bridgehead atoms. The second-order valence-corrected chi connectivity index (χ2v) is 8.00. The smallest absolute Gasteiger partial charge is 0.419 e. The molecule has 0 aliphatic heterocycles. The van der Waals surface area contributed by atoms with E-state index in [1.807, 2.05) is 18.2 Å². The van der Waals surface area contributed by atoms with Gasteiger partial charge in [0.15, 0.2) is 0 Å². The maximum Gasteiger partial charge on any atom is 0.419 e. The second-order valence-electron chi connectivity index (χ2n) is 8.00. The Labute approximate surface area is 198 Å². The molecule has 1 N–H and O–H groups in total. The number of ether oxygens (including phenoxy) is 2. The number of benzene rings is 2. The summed E-state index contributed by atoms with van der Waals surface area (Å²) in [6.45, 7) is 0.519. The average molecular weight is 480 g/mol. The Kier molecular flexibility index (Phi) is 11.4. The molecule has 0 fully saturated rings. The molecule has 0 saturated carbocycles. The molecule has 2 aromatic carbocycles. The van der Waals surface area contributed by atoms with Crippen LogP contribution in [0.15, 0.2) is 48.5 Å². The molecule has 0 atom stereocenters. The van der Waals surface area contributed by atoms with Crippen LogP contribution in [0.5, 0.6) is 5.75 Å². The zero-order valence-electron chi connectivity index (χ0n) is 19.5. The van der Waals surface area contributed by atoms with Crippen LogP contribution < -0.4 is 10.1 Å². The fraction of sp³-hybridized carbons (Fsp3) is 0.462. The minimum Gasteiger partial charge on any atom is -0.493 e. The van der Waals surface area contributed by atoms with E-state index in [0.29, 0.717) is 24.9 Å². The number of unbranched alkanes of at least 4 members (excludes halogenated alkanes) is 2. The summed E-state index contributed by atoms with van der Waals surface area (Å²) in [7, 11) is 1.29. The predicted molar refractivity (Wildman–Crippen MR) is 124 cm³/mol. The molecule has 0 aliphatic carbocycles. The third-order valence-electron chi connectivity index (χ3n) is 5.31. The summed E-state index contributed by atoms with van der Waals surface area (Å²) in [6.07, 6.45) is -0.275. The van der Waals surface area contributed by atoms with Gasteiger partial charge in [-0.1, -0.05) is 36.4 Å². The Morgan fingerprint density at radius 2 is 1.65 bits per heavy atom. The lowest BCUT2D eigenvalue weighted by Crippen LogP contribution is -2.25. The number of amides is 1. The molecule has 34 heavy (non-hydrogen) atoms. The van der Waals surface area contributed by atoms with Gasteiger partial charge in [0.25, 0.3) is 0 Å². The lowest BCUT2D eigenvalue weighted by atomic mass is 10.0. The fourth-order valence-corrected chi connectivity index (χ4v) is 3.42. The van der Waals surface area contributed by atoms with E-state index < -0.39 is 11.7 Å². The first-order valence-corrected chi connectivity index (χ1v) is 11.5. The van der Waals surface area contributed by atoms with Gasteiger partial charge in [-0.05, 0) is 61.8 Å². The van der Waals surface area contributed by atoms with Crippen molar-refractivity contribution in [1.82, 2.24) is 5.32 Å². The van der Waals surface area contributed by atoms with Crippen LogP contribution in [0.25, 0.3) is 0 Å². The first kappa shape index (κ1) is 27.2. The number of esters is 1. The zero-order valence-corrected chi connectivity index (χ0v) is 19.5. The van der Waals surface area contributed by atoms with Gasteiger partial charge < -0.3 is 14.8 Å². The molecule has 0 saturated heterocycles. The number of carbonyl (C=O) groups is 2.